The lowest BCUT2D eigenvalue weighted by Crippen LogP contribution is -2.30. The SMILES string of the molecule is COC(=O)c1c(OC)c(=O)c(C(=O)O)cn1CC(CO)OC. The summed E-state index contributed by atoms with van der Waals surface area (Å²) in [4.78, 5) is 35.1. The van der Waals surface area contributed by atoms with Crippen molar-refractivity contribution < 1.29 is 34.0 Å². The van der Waals surface area contributed by atoms with Gasteiger partial charge in [-0.2, -0.15) is 0 Å². The van der Waals surface area contributed by atoms with Gasteiger partial charge in [0.2, 0.25) is 5.43 Å². The first kappa shape index (κ1) is 17.7. The van der Waals surface area contributed by atoms with E-state index < -0.39 is 34.8 Å². The highest BCUT2D eigenvalue weighted by atomic mass is 16.5. The summed E-state index contributed by atoms with van der Waals surface area (Å²) in [7, 11) is 3.59. The Labute approximate surface area is 125 Å². The minimum absolute atomic E-state index is 0.0750. The van der Waals surface area contributed by atoms with Gasteiger partial charge in [0.15, 0.2) is 11.4 Å². The number of carbonyl (C=O) groups is 2. The second-order valence-electron chi connectivity index (χ2n) is 4.24. The molecule has 1 aromatic rings. The fourth-order valence-electron chi connectivity index (χ4n) is 1.86. The Morgan fingerprint density at radius 3 is 2.36 bits per heavy atom. The number of aliphatic hydroxyl groups is 1. The van der Waals surface area contributed by atoms with Crippen LogP contribution in [0.15, 0.2) is 11.0 Å². The Balaban J connectivity index is 3.62. The second-order valence-corrected chi connectivity index (χ2v) is 4.24. The van der Waals surface area contributed by atoms with Gasteiger partial charge in [-0.25, -0.2) is 9.59 Å². The van der Waals surface area contributed by atoms with E-state index in [1.165, 1.54) is 7.11 Å². The number of nitrogens with zero attached hydrogens (tertiary/aromatic N) is 1. The Hall–Kier alpha value is -2.39. The highest BCUT2D eigenvalue weighted by molar-refractivity contribution is 5.93. The first-order valence-corrected chi connectivity index (χ1v) is 6.17. The van der Waals surface area contributed by atoms with Gasteiger partial charge in [0.25, 0.3) is 0 Å². The largest absolute Gasteiger partial charge is 0.491 e. The molecule has 0 saturated carbocycles. The molecule has 2 N–H and O–H groups in total. The number of carboxylic acid groups (broad SMARTS) is 1. The van der Waals surface area contributed by atoms with Crippen LogP contribution in [-0.4, -0.2) is 60.8 Å². The molecule has 1 unspecified atom stereocenters. The Kier molecular flexibility index (Phi) is 6.08. The van der Waals surface area contributed by atoms with Crippen LogP contribution in [0.3, 0.4) is 0 Å². The average Bonchev–Trinajstić information content (AvgIpc) is 2.51. The molecule has 0 fully saturated rings. The Morgan fingerprint density at radius 2 is 1.95 bits per heavy atom. The lowest BCUT2D eigenvalue weighted by Gasteiger charge is -2.19. The van der Waals surface area contributed by atoms with Crippen molar-refractivity contribution in [3.05, 3.63) is 27.7 Å². The number of pyridine rings is 1. The van der Waals surface area contributed by atoms with Gasteiger partial charge in [-0.15, -0.1) is 0 Å². The van der Waals surface area contributed by atoms with Crippen LogP contribution in [-0.2, 0) is 16.0 Å². The Morgan fingerprint density at radius 1 is 1.32 bits per heavy atom. The van der Waals surface area contributed by atoms with E-state index in [0.717, 1.165) is 25.0 Å². The van der Waals surface area contributed by atoms with Gasteiger partial charge in [-0.3, -0.25) is 4.79 Å². The van der Waals surface area contributed by atoms with E-state index in [2.05, 4.69) is 4.74 Å². The minimum atomic E-state index is -1.47. The molecule has 122 valence electrons. The van der Waals surface area contributed by atoms with Crippen molar-refractivity contribution in [3.8, 4) is 5.75 Å². The maximum absolute atomic E-state index is 12.1. The van der Waals surface area contributed by atoms with Gasteiger partial charge in [0.1, 0.15) is 5.56 Å². The number of carboxylic acids is 1. The fraction of sp³-hybridized carbons (Fsp3) is 0.462. The molecule has 1 heterocycles. The van der Waals surface area contributed by atoms with Crippen molar-refractivity contribution in [2.24, 2.45) is 0 Å². The third-order valence-corrected chi connectivity index (χ3v) is 2.99. The lowest BCUT2D eigenvalue weighted by molar-refractivity contribution is 0.0345. The molecular weight excluding hydrogens is 298 g/mol. The smallest absolute Gasteiger partial charge is 0.358 e. The zero-order valence-corrected chi connectivity index (χ0v) is 12.4. The van der Waals surface area contributed by atoms with Crippen LogP contribution in [0.4, 0.5) is 0 Å². The van der Waals surface area contributed by atoms with Crippen LogP contribution in [0.1, 0.15) is 20.8 Å². The van der Waals surface area contributed by atoms with Crippen molar-refractivity contribution in [3.63, 3.8) is 0 Å². The number of esters is 1. The van der Waals surface area contributed by atoms with Crippen molar-refractivity contribution >= 4 is 11.9 Å². The predicted molar refractivity (Wildman–Crippen MR) is 73.4 cm³/mol. The van der Waals surface area contributed by atoms with Crippen LogP contribution >= 0.6 is 0 Å². The van der Waals surface area contributed by atoms with E-state index in [0.29, 0.717) is 0 Å². The minimum Gasteiger partial charge on any atom is -0.491 e. The van der Waals surface area contributed by atoms with E-state index in [-0.39, 0.29) is 18.8 Å². The van der Waals surface area contributed by atoms with Crippen molar-refractivity contribution in [2.45, 2.75) is 12.6 Å². The van der Waals surface area contributed by atoms with E-state index in [1.807, 2.05) is 0 Å². The number of aliphatic hydroxyl groups excluding tert-OH is 1. The quantitative estimate of drug-likeness (QED) is 0.636. The highest BCUT2D eigenvalue weighted by Crippen LogP contribution is 2.17. The molecule has 22 heavy (non-hydrogen) atoms. The number of aromatic carboxylic acids is 1. The zero-order chi connectivity index (χ0) is 16.9. The van der Waals surface area contributed by atoms with Gasteiger partial charge >= 0.3 is 11.9 Å². The number of hydrogen-bond acceptors (Lipinski definition) is 7. The van der Waals surface area contributed by atoms with Crippen LogP contribution in [0.5, 0.6) is 5.75 Å². The molecule has 0 amide bonds. The first-order chi connectivity index (χ1) is 10.4. The number of carbonyl (C=O) groups excluding carboxylic acids is 1. The topological polar surface area (TPSA) is 124 Å². The molecule has 0 saturated heterocycles. The summed E-state index contributed by atoms with van der Waals surface area (Å²) in [5.74, 6) is -2.79. The van der Waals surface area contributed by atoms with Crippen molar-refractivity contribution in [1.29, 1.82) is 0 Å². The third kappa shape index (κ3) is 3.43. The van der Waals surface area contributed by atoms with E-state index in [1.54, 1.807) is 0 Å². The molecule has 9 nitrogen and oxygen atoms in total. The average molecular weight is 315 g/mol. The van der Waals surface area contributed by atoms with Gasteiger partial charge in [-0.1, -0.05) is 0 Å². The fourth-order valence-corrected chi connectivity index (χ4v) is 1.86. The van der Waals surface area contributed by atoms with E-state index >= 15 is 0 Å². The molecule has 0 radical (unpaired) electrons. The van der Waals surface area contributed by atoms with E-state index in [9.17, 15) is 14.4 Å². The summed E-state index contributed by atoms with van der Waals surface area (Å²) < 4.78 is 15.6. The van der Waals surface area contributed by atoms with Crippen LogP contribution in [0, 0.1) is 0 Å². The molecule has 0 spiro atoms. The van der Waals surface area contributed by atoms with Gasteiger partial charge < -0.3 is 29.0 Å². The molecule has 1 aromatic heterocycles. The number of methoxy groups -OCH3 is 3. The molecule has 9 heteroatoms. The number of ether oxygens (including phenoxy) is 3. The molecule has 1 rings (SSSR count). The molecule has 1 atom stereocenters. The lowest BCUT2D eigenvalue weighted by atomic mass is 10.2. The zero-order valence-electron chi connectivity index (χ0n) is 12.4. The molecule has 0 aliphatic rings. The first-order valence-electron chi connectivity index (χ1n) is 6.17. The third-order valence-electron chi connectivity index (χ3n) is 2.99. The summed E-state index contributed by atoms with van der Waals surface area (Å²) in [6, 6.07) is 0. The number of hydrogen-bond donors (Lipinski definition) is 2. The van der Waals surface area contributed by atoms with Crippen molar-refractivity contribution in [1.82, 2.24) is 4.57 Å². The van der Waals surface area contributed by atoms with Crippen molar-refractivity contribution in [2.75, 3.05) is 27.9 Å². The van der Waals surface area contributed by atoms with Crippen LogP contribution in [0.2, 0.25) is 0 Å². The number of aromatic nitrogens is 1. The van der Waals surface area contributed by atoms with Crippen LogP contribution in [0.25, 0.3) is 0 Å². The van der Waals surface area contributed by atoms with Gasteiger partial charge in [-0.05, 0) is 0 Å². The maximum Gasteiger partial charge on any atom is 0.358 e. The molecule has 0 aromatic carbocycles. The molecular formula is C13H17NO8. The summed E-state index contributed by atoms with van der Waals surface area (Å²) >= 11 is 0. The predicted octanol–water partition coefficient (Wildman–Crippen LogP) is -0.651. The van der Waals surface area contributed by atoms with Gasteiger partial charge in [0.05, 0.1) is 33.5 Å². The number of rotatable bonds is 7. The van der Waals surface area contributed by atoms with E-state index in [4.69, 9.17) is 19.7 Å². The molecule has 0 aliphatic carbocycles. The summed E-state index contributed by atoms with van der Waals surface area (Å²) in [5.41, 5.74) is -1.77. The molecule has 0 aliphatic heterocycles. The monoisotopic (exact) mass is 315 g/mol. The normalized spacial score (nSPS) is 11.8. The highest BCUT2D eigenvalue weighted by Gasteiger charge is 2.26. The molecule has 0 bridgehead atoms. The second kappa shape index (κ2) is 7.57. The standard InChI is InChI=1S/C13H17NO8/c1-20-7(6-15)4-14-5-8(12(17)18)10(16)11(21-2)9(14)13(19)22-3/h5,7,15H,4,6H2,1-3H3,(H,17,18). The van der Waals surface area contributed by atoms with Crippen LogP contribution < -0.4 is 10.2 Å². The van der Waals surface area contributed by atoms with Gasteiger partial charge in [0, 0.05) is 13.3 Å². The summed E-state index contributed by atoms with van der Waals surface area (Å²) in [6.07, 6.45) is 0.276. The maximum atomic E-state index is 12.1. The Bertz CT molecular complexity index is 617. The summed E-state index contributed by atoms with van der Waals surface area (Å²) in [5, 5.41) is 18.2. The summed E-state index contributed by atoms with van der Waals surface area (Å²) in [6.45, 7) is -0.442.